The van der Waals surface area contributed by atoms with Gasteiger partial charge in [-0.15, -0.1) is 0 Å². The molecule has 1 nitrogen and oxygen atoms in total. The van der Waals surface area contributed by atoms with E-state index >= 15 is 0 Å². The molecule has 94 valence electrons. The minimum atomic E-state index is -0.506. The molecular weight excluding hydrogens is 260 g/mol. The lowest BCUT2D eigenvalue weighted by atomic mass is 10.0. The fourth-order valence-corrected chi connectivity index (χ4v) is 4.93. The zero-order valence-corrected chi connectivity index (χ0v) is 11.2. The van der Waals surface area contributed by atoms with Gasteiger partial charge in [-0.1, -0.05) is 0 Å². The van der Waals surface area contributed by atoms with E-state index in [-0.39, 0.29) is 6.04 Å². The molecule has 1 saturated heterocycles. The highest BCUT2D eigenvalue weighted by Crippen LogP contribution is 2.33. The molecule has 5 heteroatoms. The summed E-state index contributed by atoms with van der Waals surface area (Å²) in [5.41, 5.74) is 0.699. The average Bonchev–Trinajstić information content (AvgIpc) is 2.30. The van der Waals surface area contributed by atoms with Gasteiger partial charge in [0.1, 0.15) is 11.6 Å². The van der Waals surface area contributed by atoms with Crippen molar-refractivity contribution in [3.63, 3.8) is 0 Å². The van der Waals surface area contributed by atoms with Crippen molar-refractivity contribution in [2.45, 2.75) is 11.3 Å². The van der Waals surface area contributed by atoms with Crippen LogP contribution in [0.3, 0.4) is 0 Å². The molecule has 0 saturated carbocycles. The molecule has 0 aliphatic carbocycles. The predicted octanol–water partition coefficient (Wildman–Crippen LogP) is 3.07. The number of halogens is 2. The molecular formula is C12H15F2NS2. The molecule has 1 heterocycles. The maximum absolute atomic E-state index is 13.2. The van der Waals surface area contributed by atoms with E-state index in [9.17, 15) is 8.78 Å². The van der Waals surface area contributed by atoms with Crippen molar-refractivity contribution in [2.75, 3.05) is 24.3 Å². The van der Waals surface area contributed by atoms with Gasteiger partial charge < -0.3 is 5.32 Å². The Labute approximate surface area is 109 Å². The predicted molar refractivity (Wildman–Crippen MR) is 71.7 cm³/mol. The molecule has 1 fully saturated rings. The fourth-order valence-electron chi connectivity index (χ4n) is 2.02. The van der Waals surface area contributed by atoms with Crippen LogP contribution in [0.5, 0.6) is 0 Å². The molecule has 1 aliphatic rings. The molecule has 1 aromatic carbocycles. The summed E-state index contributed by atoms with van der Waals surface area (Å²) in [5.74, 6) is 2.27. The Bertz CT molecular complexity index is 361. The molecule has 0 spiro atoms. The number of benzene rings is 1. The molecule has 2 atom stereocenters. The average molecular weight is 275 g/mol. The third-order valence-electron chi connectivity index (χ3n) is 2.77. The molecule has 0 amide bonds. The van der Waals surface area contributed by atoms with Crippen molar-refractivity contribution >= 4 is 23.5 Å². The van der Waals surface area contributed by atoms with E-state index in [0.717, 1.165) is 23.3 Å². The number of rotatable bonds is 3. The van der Waals surface area contributed by atoms with Gasteiger partial charge in [0.15, 0.2) is 0 Å². The molecule has 17 heavy (non-hydrogen) atoms. The van der Waals surface area contributed by atoms with Crippen LogP contribution in [-0.4, -0.2) is 29.6 Å². The second kappa shape index (κ2) is 6.07. The quantitative estimate of drug-likeness (QED) is 0.910. The molecule has 0 radical (unpaired) electrons. The molecule has 0 aromatic heterocycles. The summed E-state index contributed by atoms with van der Waals surface area (Å²) in [6, 6.07) is 3.77. The van der Waals surface area contributed by atoms with Gasteiger partial charge in [0, 0.05) is 34.6 Å². The van der Waals surface area contributed by atoms with Crippen molar-refractivity contribution in [1.82, 2.24) is 5.32 Å². The second-order valence-electron chi connectivity index (χ2n) is 3.95. The summed E-state index contributed by atoms with van der Waals surface area (Å²) >= 11 is 3.78. The summed E-state index contributed by atoms with van der Waals surface area (Å²) in [5, 5.41) is 3.55. The fraction of sp³-hybridized carbons (Fsp3) is 0.500. The maximum Gasteiger partial charge on any atom is 0.126 e. The Morgan fingerprint density at radius 3 is 2.47 bits per heavy atom. The Hall–Kier alpha value is -0.260. The Kier molecular flexibility index (Phi) is 4.70. The zero-order valence-electron chi connectivity index (χ0n) is 9.58. The Balaban J connectivity index is 2.21. The topological polar surface area (TPSA) is 12.0 Å². The number of hydrogen-bond acceptors (Lipinski definition) is 3. The third kappa shape index (κ3) is 3.36. The van der Waals surface area contributed by atoms with Gasteiger partial charge in [0.2, 0.25) is 0 Å². The number of nitrogens with one attached hydrogen (secondary N) is 1. The minimum absolute atomic E-state index is 0.0120. The van der Waals surface area contributed by atoms with Crippen LogP contribution in [0.2, 0.25) is 0 Å². The van der Waals surface area contributed by atoms with E-state index < -0.39 is 11.6 Å². The highest BCUT2D eigenvalue weighted by Gasteiger charge is 2.25. The standard InChI is InChI=1S/C12H15F2NS2/c1-15-12(11-7-16-2-3-17-11)8-4-9(13)6-10(14)5-8/h4-6,11-12,15H,2-3,7H2,1H3. The maximum atomic E-state index is 13.2. The van der Waals surface area contributed by atoms with Gasteiger partial charge in [-0.2, -0.15) is 23.5 Å². The van der Waals surface area contributed by atoms with E-state index in [2.05, 4.69) is 5.32 Å². The van der Waals surface area contributed by atoms with Crippen molar-refractivity contribution in [3.05, 3.63) is 35.4 Å². The van der Waals surface area contributed by atoms with Gasteiger partial charge in [-0.3, -0.25) is 0 Å². The zero-order chi connectivity index (χ0) is 12.3. The number of hydrogen-bond donors (Lipinski definition) is 1. The van der Waals surface area contributed by atoms with Crippen molar-refractivity contribution in [2.24, 2.45) is 0 Å². The van der Waals surface area contributed by atoms with Crippen molar-refractivity contribution in [3.8, 4) is 0 Å². The molecule has 0 bridgehead atoms. The summed E-state index contributed by atoms with van der Waals surface area (Å²) in [6.07, 6.45) is 0. The molecule has 2 rings (SSSR count). The first-order chi connectivity index (χ1) is 8.20. The summed E-state index contributed by atoms with van der Waals surface area (Å²) in [7, 11) is 1.84. The van der Waals surface area contributed by atoms with Gasteiger partial charge in [0.25, 0.3) is 0 Å². The van der Waals surface area contributed by atoms with Gasteiger partial charge in [-0.05, 0) is 24.7 Å². The van der Waals surface area contributed by atoms with Gasteiger partial charge >= 0.3 is 0 Å². The Morgan fingerprint density at radius 2 is 1.94 bits per heavy atom. The third-order valence-corrected chi connectivity index (χ3v) is 5.63. The van der Waals surface area contributed by atoms with Gasteiger partial charge in [0.05, 0.1) is 0 Å². The van der Waals surface area contributed by atoms with Crippen LogP contribution < -0.4 is 5.32 Å². The lowest BCUT2D eigenvalue weighted by molar-refractivity contribution is 0.552. The first-order valence-electron chi connectivity index (χ1n) is 5.53. The van der Waals surface area contributed by atoms with E-state index in [0.29, 0.717) is 10.8 Å². The highest BCUT2D eigenvalue weighted by molar-refractivity contribution is 8.06. The first-order valence-corrected chi connectivity index (χ1v) is 7.73. The van der Waals surface area contributed by atoms with Crippen LogP contribution in [0.4, 0.5) is 8.78 Å². The van der Waals surface area contributed by atoms with Crippen LogP contribution >= 0.6 is 23.5 Å². The van der Waals surface area contributed by atoms with Crippen LogP contribution in [0.25, 0.3) is 0 Å². The highest BCUT2D eigenvalue weighted by atomic mass is 32.2. The molecule has 1 aliphatic heterocycles. The SMILES string of the molecule is CNC(c1cc(F)cc(F)c1)C1CSCCS1. The lowest BCUT2D eigenvalue weighted by Gasteiger charge is -2.29. The van der Waals surface area contributed by atoms with Crippen LogP contribution in [0, 0.1) is 11.6 Å². The molecule has 2 unspecified atom stereocenters. The largest absolute Gasteiger partial charge is 0.312 e. The lowest BCUT2D eigenvalue weighted by Crippen LogP contribution is -2.31. The van der Waals surface area contributed by atoms with Crippen molar-refractivity contribution < 1.29 is 8.78 Å². The smallest absolute Gasteiger partial charge is 0.126 e. The van der Waals surface area contributed by atoms with Crippen LogP contribution in [0.15, 0.2) is 18.2 Å². The van der Waals surface area contributed by atoms with E-state index in [1.54, 1.807) is 0 Å². The monoisotopic (exact) mass is 275 g/mol. The summed E-state index contributed by atoms with van der Waals surface area (Å²) < 4.78 is 26.4. The van der Waals surface area contributed by atoms with E-state index in [1.807, 2.05) is 30.6 Å². The van der Waals surface area contributed by atoms with Gasteiger partial charge in [-0.25, -0.2) is 8.78 Å². The summed E-state index contributed by atoms with van der Waals surface area (Å²) in [6.45, 7) is 0. The number of thioether (sulfide) groups is 2. The minimum Gasteiger partial charge on any atom is -0.312 e. The normalized spacial score (nSPS) is 22.4. The van der Waals surface area contributed by atoms with Crippen molar-refractivity contribution in [1.29, 1.82) is 0 Å². The van der Waals surface area contributed by atoms with Crippen LogP contribution in [-0.2, 0) is 0 Å². The molecule has 1 aromatic rings. The summed E-state index contributed by atoms with van der Waals surface area (Å²) in [4.78, 5) is 0. The van der Waals surface area contributed by atoms with E-state index in [1.165, 1.54) is 12.1 Å². The molecule has 1 N–H and O–H groups in total. The second-order valence-corrected chi connectivity index (χ2v) is 6.45. The van der Waals surface area contributed by atoms with E-state index in [4.69, 9.17) is 0 Å². The first kappa shape index (κ1) is 13.2. The Morgan fingerprint density at radius 1 is 1.24 bits per heavy atom. The van der Waals surface area contributed by atoms with Crippen LogP contribution in [0.1, 0.15) is 11.6 Å².